The minimum absolute atomic E-state index is 0.178. The Hall–Kier alpha value is -1.43. The van der Waals surface area contributed by atoms with Gasteiger partial charge in [-0.25, -0.2) is 0 Å². The normalized spacial score (nSPS) is 20.1. The van der Waals surface area contributed by atoms with Crippen LogP contribution >= 0.6 is 0 Å². The number of nitrogens with one attached hydrogen (secondary N) is 1. The van der Waals surface area contributed by atoms with Gasteiger partial charge in [0.1, 0.15) is 0 Å². The molecule has 0 unspecified atom stereocenters. The van der Waals surface area contributed by atoms with Gasteiger partial charge in [-0.3, -0.25) is 4.79 Å². The van der Waals surface area contributed by atoms with E-state index >= 15 is 0 Å². The van der Waals surface area contributed by atoms with Crippen LogP contribution in [-0.2, 0) is 20.7 Å². The molecule has 1 amide bonds. The zero-order valence-electron chi connectivity index (χ0n) is 13.6. The maximum atomic E-state index is 12.2. The molecule has 126 valence electrons. The van der Waals surface area contributed by atoms with Crippen LogP contribution in [0.25, 0.3) is 0 Å². The minimum atomic E-state index is -0.403. The van der Waals surface area contributed by atoms with Gasteiger partial charge in [-0.15, -0.1) is 0 Å². The van der Waals surface area contributed by atoms with Crippen molar-refractivity contribution in [2.75, 3.05) is 39.4 Å². The van der Waals surface area contributed by atoms with Crippen LogP contribution in [0.2, 0.25) is 0 Å². The summed E-state index contributed by atoms with van der Waals surface area (Å²) in [5.41, 5.74) is 1.35. The first-order chi connectivity index (χ1) is 11.3. The Balaban J connectivity index is 1.29. The molecule has 0 radical (unpaired) electrons. The molecule has 3 rings (SSSR count). The van der Waals surface area contributed by atoms with Crippen molar-refractivity contribution in [3.05, 3.63) is 35.9 Å². The second-order valence-corrected chi connectivity index (χ2v) is 6.25. The summed E-state index contributed by atoms with van der Waals surface area (Å²) in [7, 11) is 0. The highest BCUT2D eigenvalue weighted by Crippen LogP contribution is 2.31. The van der Waals surface area contributed by atoms with Crippen molar-refractivity contribution < 1.29 is 14.3 Å². The first-order valence-corrected chi connectivity index (χ1v) is 8.58. The number of nitrogens with zero attached hydrogens (tertiary/aromatic N) is 1. The average Bonchev–Trinajstić information content (AvgIpc) is 3.04. The summed E-state index contributed by atoms with van der Waals surface area (Å²) in [4.78, 5) is 14.1. The molecule has 23 heavy (non-hydrogen) atoms. The van der Waals surface area contributed by atoms with E-state index in [1.54, 1.807) is 0 Å². The lowest BCUT2D eigenvalue weighted by Crippen LogP contribution is -2.49. The van der Waals surface area contributed by atoms with Crippen LogP contribution in [0.1, 0.15) is 24.8 Å². The summed E-state index contributed by atoms with van der Waals surface area (Å²) in [6.45, 7) is 4.09. The lowest BCUT2D eigenvalue weighted by molar-refractivity contribution is -0.187. The molecule has 1 N–H and O–H groups in total. The lowest BCUT2D eigenvalue weighted by atomic mass is 10.0. The van der Waals surface area contributed by atoms with Gasteiger partial charge in [0.25, 0.3) is 0 Å². The number of carbonyl (C=O) groups excluding carboxylic acids is 1. The standard InChI is InChI=1S/C18H26N2O3/c21-17(15-19-10-4-7-16-5-2-1-3-6-16)20-11-8-18(9-12-20)22-13-14-23-18/h1-3,5-6,19H,4,7-15H2. The molecule has 0 aromatic heterocycles. The summed E-state index contributed by atoms with van der Waals surface area (Å²) in [6, 6.07) is 10.4. The van der Waals surface area contributed by atoms with E-state index in [1.807, 2.05) is 11.0 Å². The van der Waals surface area contributed by atoms with Crippen LogP contribution in [0.15, 0.2) is 30.3 Å². The van der Waals surface area contributed by atoms with E-state index < -0.39 is 5.79 Å². The predicted molar refractivity (Wildman–Crippen MR) is 88.1 cm³/mol. The Kier molecular flexibility index (Phi) is 5.65. The van der Waals surface area contributed by atoms with Crippen molar-refractivity contribution in [3.8, 4) is 0 Å². The Morgan fingerprint density at radius 1 is 1.13 bits per heavy atom. The quantitative estimate of drug-likeness (QED) is 0.809. The zero-order chi connectivity index (χ0) is 16.0. The fraction of sp³-hybridized carbons (Fsp3) is 0.611. The van der Waals surface area contributed by atoms with Gasteiger partial charge in [0, 0.05) is 25.9 Å². The fourth-order valence-electron chi connectivity index (χ4n) is 3.25. The number of hydrogen-bond acceptors (Lipinski definition) is 4. The number of benzene rings is 1. The van der Waals surface area contributed by atoms with Gasteiger partial charge in [0.05, 0.1) is 19.8 Å². The lowest BCUT2D eigenvalue weighted by Gasteiger charge is -2.37. The second-order valence-electron chi connectivity index (χ2n) is 6.25. The SMILES string of the molecule is O=C(CNCCCc1ccccc1)N1CCC2(CC1)OCCO2. The first kappa shape index (κ1) is 16.4. The van der Waals surface area contributed by atoms with Crippen LogP contribution in [0, 0.1) is 0 Å². The van der Waals surface area contributed by atoms with Gasteiger partial charge in [-0.2, -0.15) is 0 Å². The fourth-order valence-corrected chi connectivity index (χ4v) is 3.25. The van der Waals surface area contributed by atoms with Crippen LogP contribution < -0.4 is 5.32 Å². The summed E-state index contributed by atoms with van der Waals surface area (Å²) >= 11 is 0. The van der Waals surface area contributed by atoms with E-state index in [-0.39, 0.29) is 5.91 Å². The van der Waals surface area contributed by atoms with Gasteiger partial charge in [-0.1, -0.05) is 30.3 Å². The number of ether oxygens (including phenoxy) is 2. The van der Waals surface area contributed by atoms with Crippen molar-refractivity contribution in [3.63, 3.8) is 0 Å². The van der Waals surface area contributed by atoms with Gasteiger partial charge in [-0.05, 0) is 24.9 Å². The molecule has 0 aliphatic carbocycles. The van der Waals surface area contributed by atoms with E-state index in [4.69, 9.17) is 9.47 Å². The van der Waals surface area contributed by atoms with Crippen LogP contribution in [0.3, 0.4) is 0 Å². The summed E-state index contributed by atoms with van der Waals surface area (Å²) in [6.07, 6.45) is 3.66. The largest absolute Gasteiger partial charge is 0.347 e. The van der Waals surface area contributed by atoms with Gasteiger partial charge in [0.15, 0.2) is 5.79 Å². The van der Waals surface area contributed by atoms with E-state index in [1.165, 1.54) is 5.56 Å². The maximum Gasteiger partial charge on any atom is 0.236 e. The smallest absolute Gasteiger partial charge is 0.236 e. The van der Waals surface area contributed by atoms with E-state index in [2.05, 4.69) is 29.6 Å². The molecule has 2 fully saturated rings. The Morgan fingerprint density at radius 2 is 1.83 bits per heavy atom. The minimum Gasteiger partial charge on any atom is -0.347 e. The number of rotatable bonds is 6. The van der Waals surface area contributed by atoms with Crippen molar-refractivity contribution in [1.29, 1.82) is 0 Å². The van der Waals surface area contributed by atoms with E-state index in [0.717, 1.165) is 45.3 Å². The molecule has 2 saturated heterocycles. The molecule has 0 bridgehead atoms. The Morgan fingerprint density at radius 3 is 2.52 bits per heavy atom. The molecule has 5 nitrogen and oxygen atoms in total. The molecule has 5 heteroatoms. The molecular weight excluding hydrogens is 292 g/mol. The molecular formula is C18H26N2O3. The second kappa shape index (κ2) is 7.90. The number of hydrogen-bond donors (Lipinski definition) is 1. The summed E-state index contributed by atoms with van der Waals surface area (Å²) in [5.74, 6) is -0.225. The number of likely N-dealkylation sites (tertiary alicyclic amines) is 1. The molecule has 2 aliphatic rings. The Labute approximate surface area is 137 Å². The van der Waals surface area contributed by atoms with Crippen molar-refractivity contribution >= 4 is 5.91 Å². The summed E-state index contributed by atoms with van der Waals surface area (Å²) < 4.78 is 11.4. The van der Waals surface area contributed by atoms with Crippen LogP contribution in [0.4, 0.5) is 0 Å². The third-order valence-electron chi connectivity index (χ3n) is 4.63. The third-order valence-corrected chi connectivity index (χ3v) is 4.63. The predicted octanol–water partition coefficient (Wildman–Crippen LogP) is 1.57. The van der Waals surface area contributed by atoms with Crippen molar-refractivity contribution in [1.82, 2.24) is 10.2 Å². The molecule has 2 heterocycles. The average molecular weight is 318 g/mol. The highest BCUT2D eigenvalue weighted by molar-refractivity contribution is 5.78. The number of amides is 1. The Bertz CT molecular complexity index is 490. The van der Waals surface area contributed by atoms with Crippen molar-refractivity contribution in [2.24, 2.45) is 0 Å². The van der Waals surface area contributed by atoms with E-state index in [9.17, 15) is 4.79 Å². The molecule has 1 aromatic rings. The highest BCUT2D eigenvalue weighted by atomic mass is 16.7. The molecule has 0 saturated carbocycles. The van der Waals surface area contributed by atoms with E-state index in [0.29, 0.717) is 19.8 Å². The number of aryl methyl sites for hydroxylation is 1. The maximum absolute atomic E-state index is 12.2. The zero-order valence-corrected chi connectivity index (χ0v) is 13.6. The highest BCUT2D eigenvalue weighted by Gasteiger charge is 2.40. The van der Waals surface area contributed by atoms with Crippen molar-refractivity contribution in [2.45, 2.75) is 31.5 Å². The topological polar surface area (TPSA) is 50.8 Å². The molecule has 1 spiro atoms. The first-order valence-electron chi connectivity index (χ1n) is 8.58. The number of carbonyl (C=O) groups is 1. The van der Waals surface area contributed by atoms with Gasteiger partial charge in [0.2, 0.25) is 5.91 Å². The number of piperidine rings is 1. The van der Waals surface area contributed by atoms with Crippen LogP contribution in [0.5, 0.6) is 0 Å². The molecule has 0 atom stereocenters. The van der Waals surface area contributed by atoms with Gasteiger partial charge < -0.3 is 19.7 Å². The summed E-state index contributed by atoms with van der Waals surface area (Å²) in [5, 5.41) is 3.26. The third kappa shape index (κ3) is 4.53. The van der Waals surface area contributed by atoms with Gasteiger partial charge >= 0.3 is 0 Å². The van der Waals surface area contributed by atoms with Crippen LogP contribution in [-0.4, -0.2) is 56.0 Å². The monoisotopic (exact) mass is 318 g/mol. The molecule has 2 aliphatic heterocycles. The molecule has 1 aromatic carbocycles.